The molecule has 0 spiro atoms. The number of fused-ring (bicyclic) bond motifs is 2. The number of halogens is 1. The normalized spacial score (nSPS) is 13.4. The molecule has 0 radical (unpaired) electrons. The van der Waals surface area contributed by atoms with Crippen LogP contribution in [0.2, 0.25) is 0 Å². The molecule has 192 valence electrons. The number of hydrogen-bond donors (Lipinski definition) is 4. The highest BCUT2D eigenvalue weighted by molar-refractivity contribution is 6.00. The number of likely N-dealkylation sites (N-methyl/N-ethyl adjacent to an activating group) is 1. The molecule has 37 heavy (non-hydrogen) atoms. The summed E-state index contributed by atoms with van der Waals surface area (Å²) in [6.45, 7) is 1.39. The zero-order valence-electron chi connectivity index (χ0n) is 20.7. The van der Waals surface area contributed by atoms with E-state index in [-0.39, 0.29) is 34.4 Å². The first kappa shape index (κ1) is 24.4. The van der Waals surface area contributed by atoms with Gasteiger partial charge in [0.25, 0.3) is 0 Å². The van der Waals surface area contributed by atoms with Gasteiger partial charge in [0.1, 0.15) is 23.0 Å². The molecule has 4 N–H and O–H groups in total. The van der Waals surface area contributed by atoms with E-state index < -0.39 is 22.8 Å². The highest BCUT2D eigenvalue weighted by Crippen LogP contribution is 2.43. The lowest BCUT2D eigenvalue weighted by Gasteiger charge is -2.17. The molecular formula is C26H27FN6O4. The van der Waals surface area contributed by atoms with Crippen molar-refractivity contribution in [3.8, 4) is 17.1 Å². The third-order valence-electron chi connectivity index (χ3n) is 6.47. The van der Waals surface area contributed by atoms with Gasteiger partial charge in [0.15, 0.2) is 5.75 Å². The number of carboxylic acid groups (broad SMARTS) is 1. The maximum absolute atomic E-state index is 15.6. The van der Waals surface area contributed by atoms with Gasteiger partial charge in [-0.3, -0.25) is 10.2 Å². The molecule has 1 aliphatic carbocycles. The molecule has 11 heteroatoms. The number of aromatic carboxylic acids is 1. The number of ether oxygens (including phenoxy) is 1. The maximum atomic E-state index is 15.6. The Balaban J connectivity index is 1.63. The Labute approximate surface area is 211 Å². The van der Waals surface area contributed by atoms with Crippen LogP contribution in [-0.2, 0) is 0 Å². The van der Waals surface area contributed by atoms with Gasteiger partial charge in [-0.2, -0.15) is 0 Å². The SMILES string of the molecule is COc1c(-c2nc3cc(C(=N)NCCN(C)C)ccc3[nH]2)c(F)cc2c(=O)c(C(=O)O)cn(C3CC3)c12. The summed E-state index contributed by atoms with van der Waals surface area (Å²) in [4.78, 5) is 34.3. The standard InChI is InChI=1S/C26H27FN6O4/c1-32(2)9-8-29-24(28)13-4-7-18-19(10-13)31-25(30-18)20-17(27)11-15-21(23(20)37-3)33(14-5-6-14)12-16(22(15)34)26(35)36/h4,7,10-12,14H,5-6,8-9H2,1-3H3,(H2,28,29)(H,30,31)(H,35,36). The highest BCUT2D eigenvalue weighted by atomic mass is 19.1. The molecule has 0 bridgehead atoms. The van der Waals surface area contributed by atoms with Crippen LogP contribution in [0.4, 0.5) is 4.39 Å². The molecule has 1 fully saturated rings. The topological polar surface area (TPSA) is 136 Å². The van der Waals surface area contributed by atoms with Crippen molar-refractivity contribution in [3.63, 3.8) is 0 Å². The molecule has 2 heterocycles. The molecule has 2 aromatic heterocycles. The number of benzene rings is 2. The second kappa shape index (κ2) is 9.32. The molecule has 0 saturated heterocycles. The molecule has 0 atom stereocenters. The van der Waals surface area contributed by atoms with E-state index in [0.29, 0.717) is 28.7 Å². The Kier molecular flexibility index (Phi) is 6.16. The number of carbonyl (C=O) groups is 1. The fourth-order valence-electron chi connectivity index (χ4n) is 4.45. The van der Waals surface area contributed by atoms with E-state index in [1.807, 2.05) is 19.0 Å². The Hall–Kier alpha value is -4.25. The molecule has 2 aromatic carbocycles. The van der Waals surface area contributed by atoms with Crippen molar-refractivity contribution < 1.29 is 19.0 Å². The van der Waals surface area contributed by atoms with Gasteiger partial charge < -0.3 is 29.6 Å². The van der Waals surface area contributed by atoms with Crippen LogP contribution in [0.5, 0.6) is 5.75 Å². The van der Waals surface area contributed by atoms with Crippen molar-refractivity contribution >= 4 is 33.7 Å². The third-order valence-corrected chi connectivity index (χ3v) is 6.47. The van der Waals surface area contributed by atoms with Crippen LogP contribution < -0.4 is 15.5 Å². The van der Waals surface area contributed by atoms with Gasteiger partial charge in [-0.05, 0) is 51.2 Å². The van der Waals surface area contributed by atoms with E-state index in [4.69, 9.17) is 10.1 Å². The number of aromatic nitrogens is 3. The number of H-pyrrole nitrogens is 1. The second-order valence-corrected chi connectivity index (χ2v) is 9.40. The monoisotopic (exact) mass is 506 g/mol. The van der Waals surface area contributed by atoms with Crippen molar-refractivity contribution in [1.82, 2.24) is 24.8 Å². The predicted octanol–water partition coefficient (Wildman–Crippen LogP) is 3.20. The first-order valence-electron chi connectivity index (χ1n) is 11.9. The van der Waals surface area contributed by atoms with Gasteiger partial charge in [0.05, 0.1) is 34.6 Å². The minimum absolute atomic E-state index is 0.00218. The van der Waals surface area contributed by atoms with Crippen LogP contribution in [0.25, 0.3) is 33.3 Å². The summed E-state index contributed by atoms with van der Waals surface area (Å²) in [7, 11) is 5.29. The Morgan fingerprint density at radius 2 is 2.11 bits per heavy atom. The largest absolute Gasteiger partial charge is 0.494 e. The Morgan fingerprint density at radius 1 is 1.35 bits per heavy atom. The summed E-state index contributed by atoms with van der Waals surface area (Å²) < 4.78 is 22.9. The Bertz CT molecular complexity index is 1620. The number of amidine groups is 1. The number of nitrogens with zero attached hydrogens (tertiary/aromatic N) is 3. The lowest BCUT2D eigenvalue weighted by atomic mass is 10.0. The lowest BCUT2D eigenvalue weighted by Crippen LogP contribution is -2.31. The summed E-state index contributed by atoms with van der Waals surface area (Å²) in [5, 5.41) is 20.9. The van der Waals surface area contributed by atoms with Crippen LogP contribution >= 0.6 is 0 Å². The molecule has 1 aliphatic rings. The minimum atomic E-state index is -1.36. The summed E-state index contributed by atoms with van der Waals surface area (Å²) in [6.07, 6.45) is 2.94. The molecule has 1 saturated carbocycles. The van der Waals surface area contributed by atoms with Crippen LogP contribution in [-0.4, -0.2) is 70.6 Å². The summed E-state index contributed by atoms with van der Waals surface area (Å²) >= 11 is 0. The van der Waals surface area contributed by atoms with E-state index >= 15 is 4.39 Å². The predicted molar refractivity (Wildman–Crippen MR) is 138 cm³/mol. The van der Waals surface area contributed by atoms with Crippen molar-refractivity contribution in [3.05, 3.63) is 57.6 Å². The van der Waals surface area contributed by atoms with Gasteiger partial charge in [-0.25, -0.2) is 14.2 Å². The summed E-state index contributed by atoms with van der Waals surface area (Å²) in [5.74, 6) is -1.56. The first-order chi connectivity index (χ1) is 17.7. The van der Waals surface area contributed by atoms with E-state index in [1.54, 1.807) is 22.8 Å². The molecule has 0 amide bonds. The first-order valence-corrected chi connectivity index (χ1v) is 11.9. The molecular weight excluding hydrogens is 479 g/mol. The fraction of sp³-hybridized carbons (Fsp3) is 0.308. The number of carboxylic acids is 1. The molecule has 10 nitrogen and oxygen atoms in total. The van der Waals surface area contributed by atoms with Gasteiger partial charge in [0.2, 0.25) is 5.43 Å². The van der Waals surface area contributed by atoms with Crippen molar-refractivity contribution in [2.45, 2.75) is 18.9 Å². The summed E-state index contributed by atoms with van der Waals surface area (Å²) in [5.41, 5.74) is 1.02. The van der Waals surface area contributed by atoms with Crippen LogP contribution in [0.3, 0.4) is 0 Å². The number of hydrogen-bond acceptors (Lipinski definition) is 6. The lowest BCUT2D eigenvalue weighted by molar-refractivity contribution is 0.0694. The highest BCUT2D eigenvalue weighted by Gasteiger charge is 2.31. The Morgan fingerprint density at radius 3 is 2.76 bits per heavy atom. The number of rotatable bonds is 8. The number of methoxy groups -OCH3 is 1. The van der Waals surface area contributed by atoms with Crippen LogP contribution in [0, 0.1) is 11.2 Å². The van der Waals surface area contributed by atoms with Crippen LogP contribution in [0.15, 0.2) is 35.3 Å². The fourth-order valence-corrected chi connectivity index (χ4v) is 4.45. The van der Waals surface area contributed by atoms with Gasteiger partial charge >= 0.3 is 5.97 Å². The quantitative estimate of drug-likeness (QED) is 0.213. The molecule has 4 aromatic rings. The smallest absolute Gasteiger partial charge is 0.341 e. The van der Waals surface area contributed by atoms with Crippen molar-refractivity contribution in [2.75, 3.05) is 34.3 Å². The average molecular weight is 507 g/mol. The zero-order chi connectivity index (χ0) is 26.4. The summed E-state index contributed by atoms with van der Waals surface area (Å²) in [6, 6.07) is 6.35. The van der Waals surface area contributed by atoms with E-state index in [0.717, 1.165) is 25.5 Å². The molecule has 5 rings (SSSR count). The maximum Gasteiger partial charge on any atom is 0.341 e. The van der Waals surface area contributed by atoms with E-state index in [2.05, 4.69) is 15.3 Å². The number of pyridine rings is 1. The van der Waals surface area contributed by atoms with E-state index in [1.165, 1.54) is 13.3 Å². The van der Waals surface area contributed by atoms with Gasteiger partial charge in [0, 0.05) is 30.9 Å². The number of nitrogens with one attached hydrogen (secondary N) is 3. The zero-order valence-corrected chi connectivity index (χ0v) is 20.7. The number of aromatic amines is 1. The van der Waals surface area contributed by atoms with Crippen molar-refractivity contribution in [2.24, 2.45) is 0 Å². The minimum Gasteiger partial charge on any atom is -0.494 e. The van der Waals surface area contributed by atoms with Crippen molar-refractivity contribution in [1.29, 1.82) is 5.41 Å². The third kappa shape index (κ3) is 4.42. The van der Waals surface area contributed by atoms with E-state index in [9.17, 15) is 14.7 Å². The molecule has 0 unspecified atom stereocenters. The number of imidazole rings is 1. The second-order valence-electron chi connectivity index (χ2n) is 9.40. The van der Waals surface area contributed by atoms with Gasteiger partial charge in [-0.15, -0.1) is 0 Å². The molecule has 0 aliphatic heterocycles. The average Bonchev–Trinajstić information content (AvgIpc) is 3.61. The van der Waals surface area contributed by atoms with Gasteiger partial charge in [-0.1, -0.05) is 0 Å². The van der Waals surface area contributed by atoms with Crippen LogP contribution in [0.1, 0.15) is 34.8 Å².